The number of nitrogens with zero attached hydrogens (tertiary/aromatic N) is 1. The predicted molar refractivity (Wildman–Crippen MR) is 98.8 cm³/mol. The quantitative estimate of drug-likeness (QED) is 0.502. The lowest BCUT2D eigenvalue weighted by molar-refractivity contribution is -0.139. The number of ether oxygens (including phenoxy) is 1. The first-order valence-corrected chi connectivity index (χ1v) is 9.05. The van der Waals surface area contributed by atoms with E-state index in [1.165, 1.54) is 25.1 Å². The summed E-state index contributed by atoms with van der Waals surface area (Å²) < 4.78 is 19.3. The van der Waals surface area contributed by atoms with Gasteiger partial charge in [0, 0.05) is 5.56 Å². The lowest BCUT2D eigenvalue weighted by Crippen LogP contribution is -2.52. The van der Waals surface area contributed by atoms with E-state index in [0.717, 1.165) is 4.90 Å². The Kier molecular flexibility index (Phi) is 5.27. The molecular weight excluding hydrogens is 383 g/mol. The summed E-state index contributed by atoms with van der Waals surface area (Å²) in [5, 5.41) is 7.50. The van der Waals surface area contributed by atoms with Crippen molar-refractivity contribution in [2.45, 2.75) is 32.4 Å². The third kappa shape index (κ3) is 3.53. The third-order valence-corrected chi connectivity index (χ3v) is 4.87. The van der Waals surface area contributed by atoms with Crippen LogP contribution >= 0.6 is 0 Å². The van der Waals surface area contributed by atoms with E-state index in [0.29, 0.717) is 0 Å². The molecule has 0 bridgehead atoms. The van der Waals surface area contributed by atoms with Gasteiger partial charge in [-0.15, -0.1) is 0 Å². The van der Waals surface area contributed by atoms with Gasteiger partial charge in [0.25, 0.3) is 5.91 Å². The summed E-state index contributed by atoms with van der Waals surface area (Å²) in [7, 11) is 0. The zero-order valence-corrected chi connectivity index (χ0v) is 16.2. The Balaban J connectivity index is 1.96. The van der Waals surface area contributed by atoms with Crippen molar-refractivity contribution in [3.05, 3.63) is 46.9 Å². The number of rotatable bonds is 5. The number of halogens is 1. The minimum atomic E-state index is -1.62. The molecule has 2 aliphatic heterocycles. The highest BCUT2D eigenvalue weighted by Crippen LogP contribution is 2.31. The van der Waals surface area contributed by atoms with Gasteiger partial charge in [-0.2, -0.15) is 0 Å². The number of carbonyl (C=O) groups excluding carboxylic acids is 4. The van der Waals surface area contributed by atoms with Crippen LogP contribution in [0.5, 0.6) is 0 Å². The first kappa shape index (κ1) is 20.3. The Labute approximate surface area is 166 Å². The lowest BCUT2D eigenvalue weighted by Gasteiger charge is -2.28. The Bertz CT molecular complexity index is 931. The molecule has 29 heavy (non-hydrogen) atoms. The van der Waals surface area contributed by atoms with Gasteiger partial charge in [0.2, 0.25) is 0 Å². The van der Waals surface area contributed by atoms with Gasteiger partial charge in [0.1, 0.15) is 11.4 Å². The van der Waals surface area contributed by atoms with Crippen molar-refractivity contribution in [1.29, 1.82) is 0 Å². The van der Waals surface area contributed by atoms with Crippen molar-refractivity contribution in [1.82, 2.24) is 20.9 Å². The Morgan fingerprint density at radius 2 is 1.97 bits per heavy atom. The fourth-order valence-corrected chi connectivity index (χ4v) is 3.45. The summed E-state index contributed by atoms with van der Waals surface area (Å²) in [6.07, 6.45) is 0. The number of hydrogen-bond donors (Lipinski definition) is 3. The summed E-state index contributed by atoms with van der Waals surface area (Å²) in [4.78, 5) is 50.6. The van der Waals surface area contributed by atoms with Gasteiger partial charge in [-0.25, -0.2) is 18.8 Å². The largest absolute Gasteiger partial charge is 0.463 e. The molecule has 1 aromatic carbocycles. The molecular formula is C19H21FN4O5. The van der Waals surface area contributed by atoms with Crippen molar-refractivity contribution in [3.8, 4) is 0 Å². The van der Waals surface area contributed by atoms with Crippen LogP contribution in [-0.4, -0.2) is 48.0 Å². The first-order valence-electron chi connectivity index (χ1n) is 9.05. The molecule has 2 heterocycles. The predicted octanol–water partition coefficient (Wildman–Crippen LogP) is 1.11. The highest BCUT2D eigenvalue weighted by Gasteiger charge is 2.50. The second-order valence-electron chi connectivity index (χ2n) is 6.86. The molecule has 2 atom stereocenters. The second-order valence-corrected chi connectivity index (χ2v) is 6.86. The Morgan fingerprint density at radius 1 is 1.28 bits per heavy atom. The fraction of sp³-hybridized carbons (Fsp3) is 0.368. The molecule has 3 rings (SSSR count). The smallest absolute Gasteiger partial charge is 0.337 e. The van der Waals surface area contributed by atoms with Gasteiger partial charge in [0.15, 0.2) is 0 Å². The van der Waals surface area contributed by atoms with Gasteiger partial charge in [-0.05, 0) is 26.8 Å². The molecule has 0 aliphatic carbocycles. The second kappa shape index (κ2) is 7.53. The molecule has 2 aliphatic rings. The molecule has 1 saturated heterocycles. The average molecular weight is 404 g/mol. The maximum Gasteiger partial charge on any atom is 0.337 e. The topological polar surface area (TPSA) is 117 Å². The number of urea groups is 2. The SMILES string of the molecule is CCOC(=O)C1=C(CN2C(=O)NC(C)(c3ccccc3F)C2=O)NC(=O)NC1C. The van der Waals surface area contributed by atoms with Crippen LogP contribution in [0.2, 0.25) is 0 Å². The standard InChI is InChI=1S/C19H21FN4O5/c1-4-29-15(25)14-10(2)21-17(27)22-13(14)9-24-16(26)19(3,23-18(24)28)11-7-5-6-8-12(11)20/h5-8,10H,4,9H2,1-3H3,(H,23,28)(H2,21,22,27). The fourth-order valence-electron chi connectivity index (χ4n) is 3.45. The molecule has 3 N–H and O–H groups in total. The monoisotopic (exact) mass is 404 g/mol. The van der Waals surface area contributed by atoms with E-state index in [2.05, 4.69) is 16.0 Å². The minimum Gasteiger partial charge on any atom is -0.463 e. The van der Waals surface area contributed by atoms with Crippen LogP contribution in [0.1, 0.15) is 26.3 Å². The van der Waals surface area contributed by atoms with E-state index in [9.17, 15) is 23.6 Å². The molecule has 9 nitrogen and oxygen atoms in total. The lowest BCUT2D eigenvalue weighted by atomic mass is 9.91. The maximum atomic E-state index is 14.3. The van der Waals surface area contributed by atoms with Crippen LogP contribution in [0.25, 0.3) is 0 Å². The average Bonchev–Trinajstić information content (AvgIpc) is 2.85. The number of imide groups is 1. The van der Waals surface area contributed by atoms with E-state index >= 15 is 0 Å². The maximum absolute atomic E-state index is 14.3. The molecule has 0 spiro atoms. The van der Waals surface area contributed by atoms with Crippen LogP contribution in [0.4, 0.5) is 14.0 Å². The molecule has 10 heteroatoms. The summed E-state index contributed by atoms with van der Waals surface area (Å²) >= 11 is 0. The summed E-state index contributed by atoms with van der Waals surface area (Å²) in [5.41, 5.74) is -1.43. The van der Waals surface area contributed by atoms with Crippen LogP contribution in [0.15, 0.2) is 35.5 Å². The third-order valence-electron chi connectivity index (χ3n) is 4.87. The van der Waals surface area contributed by atoms with Crippen molar-refractivity contribution in [3.63, 3.8) is 0 Å². The van der Waals surface area contributed by atoms with Crippen LogP contribution in [-0.2, 0) is 19.9 Å². The molecule has 5 amide bonds. The number of carbonyl (C=O) groups is 4. The molecule has 2 unspecified atom stereocenters. The summed E-state index contributed by atoms with van der Waals surface area (Å²) in [5.74, 6) is -2.02. The van der Waals surface area contributed by atoms with Crippen LogP contribution in [0.3, 0.4) is 0 Å². The van der Waals surface area contributed by atoms with Crippen molar-refractivity contribution in [2.75, 3.05) is 13.2 Å². The van der Waals surface area contributed by atoms with E-state index < -0.39 is 41.3 Å². The molecule has 1 fully saturated rings. The van der Waals surface area contributed by atoms with Gasteiger partial charge in [0.05, 0.1) is 30.5 Å². The van der Waals surface area contributed by atoms with E-state index in [1.807, 2.05) is 0 Å². The highest BCUT2D eigenvalue weighted by molar-refractivity contribution is 6.07. The molecule has 0 radical (unpaired) electrons. The normalized spacial score (nSPS) is 24.2. The van der Waals surface area contributed by atoms with E-state index in [1.54, 1.807) is 19.9 Å². The number of benzene rings is 1. The van der Waals surface area contributed by atoms with Crippen molar-refractivity contribution >= 4 is 23.9 Å². The number of nitrogens with one attached hydrogen (secondary N) is 3. The van der Waals surface area contributed by atoms with Gasteiger partial charge in [-0.1, -0.05) is 18.2 Å². The molecule has 0 aromatic heterocycles. The highest BCUT2D eigenvalue weighted by atomic mass is 19.1. The van der Waals surface area contributed by atoms with E-state index in [-0.39, 0.29) is 30.0 Å². The zero-order chi connectivity index (χ0) is 21.3. The van der Waals surface area contributed by atoms with E-state index in [4.69, 9.17) is 4.74 Å². The van der Waals surface area contributed by atoms with Crippen molar-refractivity contribution in [2.24, 2.45) is 0 Å². The van der Waals surface area contributed by atoms with Gasteiger partial charge < -0.3 is 20.7 Å². The summed E-state index contributed by atoms with van der Waals surface area (Å²) in [6, 6.07) is 3.61. The van der Waals surface area contributed by atoms with Crippen molar-refractivity contribution < 1.29 is 28.3 Å². The van der Waals surface area contributed by atoms with Gasteiger partial charge >= 0.3 is 18.0 Å². The Morgan fingerprint density at radius 3 is 2.62 bits per heavy atom. The first-order chi connectivity index (χ1) is 13.7. The number of amides is 5. The summed E-state index contributed by atoms with van der Waals surface area (Å²) in [6.45, 7) is 4.36. The Hall–Kier alpha value is -3.43. The minimum absolute atomic E-state index is 0.0168. The molecule has 1 aromatic rings. The number of hydrogen-bond acceptors (Lipinski definition) is 5. The molecule has 154 valence electrons. The van der Waals surface area contributed by atoms with Crippen LogP contribution < -0.4 is 16.0 Å². The molecule has 0 saturated carbocycles. The van der Waals surface area contributed by atoms with Gasteiger partial charge in [-0.3, -0.25) is 9.69 Å². The number of esters is 1. The zero-order valence-electron chi connectivity index (χ0n) is 16.2. The van der Waals surface area contributed by atoms with Crippen LogP contribution in [0, 0.1) is 5.82 Å².